The van der Waals surface area contributed by atoms with E-state index in [1.165, 1.54) is 12.5 Å². The lowest BCUT2D eigenvalue weighted by atomic mass is 10.0. The minimum atomic E-state index is -0.331. The third-order valence-electron chi connectivity index (χ3n) is 4.51. The van der Waals surface area contributed by atoms with E-state index in [0.29, 0.717) is 0 Å². The lowest BCUT2D eigenvalue weighted by molar-refractivity contribution is -0.123. The molecule has 0 aliphatic carbocycles. The highest BCUT2D eigenvalue weighted by Gasteiger charge is 2.18. The number of carbonyl (C=O) groups is 2. The zero-order valence-electron chi connectivity index (χ0n) is 16.0. The molecule has 0 heterocycles. The molecule has 0 fully saturated rings. The highest BCUT2D eigenvalue weighted by Crippen LogP contribution is 2.19. The average molecular weight is 352 g/mol. The normalized spacial score (nSPS) is 12.9. The standard InChI is InChI=1S/C22H28N2O2/c1-5-18-8-12-19(13-9-18)16(3)23-22(26)14-21(24-17(4)25)20-10-6-15(2)7-11-20/h6-13,16,21H,5,14H2,1-4H3,(H,23,26)(H,24,25). The van der Waals surface area contributed by atoms with Gasteiger partial charge in [-0.3, -0.25) is 9.59 Å². The van der Waals surface area contributed by atoms with Crippen LogP contribution >= 0.6 is 0 Å². The number of amides is 2. The molecule has 2 N–H and O–H groups in total. The monoisotopic (exact) mass is 352 g/mol. The van der Waals surface area contributed by atoms with Crippen molar-refractivity contribution in [1.29, 1.82) is 0 Å². The van der Waals surface area contributed by atoms with Crippen LogP contribution in [0.25, 0.3) is 0 Å². The van der Waals surface area contributed by atoms with Gasteiger partial charge in [-0.05, 0) is 37.0 Å². The molecule has 2 atom stereocenters. The first-order chi connectivity index (χ1) is 12.4. The van der Waals surface area contributed by atoms with Gasteiger partial charge in [0.15, 0.2) is 0 Å². The fraction of sp³-hybridized carbons (Fsp3) is 0.364. The van der Waals surface area contributed by atoms with E-state index in [1.807, 2.05) is 38.1 Å². The molecule has 26 heavy (non-hydrogen) atoms. The number of carbonyl (C=O) groups excluding carboxylic acids is 2. The first-order valence-corrected chi connectivity index (χ1v) is 9.11. The highest BCUT2D eigenvalue weighted by molar-refractivity contribution is 5.79. The third kappa shape index (κ3) is 5.73. The van der Waals surface area contributed by atoms with Crippen molar-refractivity contribution in [2.24, 2.45) is 0 Å². The second kappa shape index (κ2) is 9.18. The van der Waals surface area contributed by atoms with Crippen LogP contribution in [0.4, 0.5) is 0 Å². The van der Waals surface area contributed by atoms with Gasteiger partial charge in [-0.1, -0.05) is 61.0 Å². The molecule has 2 amide bonds. The lowest BCUT2D eigenvalue weighted by Gasteiger charge is -2.20. The van der Waals surface area contributed by atoms with Crippen LogP contribution < -0.4 is 10.6 Å². The summed E-state index contributed by atoms with van der Waals surface area (Å²) in [5, 5.41) is 5.90. The molecule has 0 radical (unpaired) electrons. The molecule has 0 saturated heterocycles. The number of rotatable bonds is 7. The first-order valence-electron chi connectivity index (χ1n) is 9.11. The first kappa shape index (κ1) is 19.7. The second-order valence-electron chi connectivity index (χ2n) is 6.75. The highest BCUT2D eigenvalue weighted by atomic mass is 16.2. The largest absolute Gasteiger partial charge is 0.350 e. The van der Waals surface area contributed by atoms with Gasteiger partial charge >= 0.3 is 0 Å². The predicted molar refractivity (Wildman–Crippen MR) is 105 cm³/mol. The quantitative estimate of drug-likeness (QED) is 0.791. The van der Waals surface area contributed by atoms with E-state index in [1.54, 1.807) is 0 Å². The van der Waals surface area contributed by atoms with Crippen molar-refractivity contribution in [3.05, 3.63) is 70.8 Å². The summed E-state index contributed by atoms with van der Waals surface area (Å²) in [4.78, 5) is 24.1. The molecule has 0 bridgehead atoms. The van der Waals surface area contributed by atoms with Crippen LogP contribution in [0.1, 0.15) is 61.5 Å². The maximum absolute atomic E-state index is 12.5. The summed E-state index contributed by atoms with van der Waals surface area (Å²) < 4.78 is 0. The van der Waals surface area contributed by atoms with Crippen molar-refractivity contribution < 1.29 is 9.59 Å². The molecule has 0 aromatic heterocycles. The Hall–Kier alpha value is -2.62. The third-order valence-corrected chi connectivity index (χ3v) is 4.51. The lowest BCUT2D eigenvalue weighted by Crippen LogP contribution is -2.33. The Morgan fingerprint density at radius 2 is 1.50 bits per heavy atom. The Kier molecular flexibility index (Phi) is 6.96. The molecule has 4 heteroatoms. The molecule has 0 saturated carbocycles. The smallest absolute Gasteiger partial charge is 0.222 e. The van der Waals surface area contributed by atoms with E-state index in [4.69, 9.17) is 0 Å². The molecule has 4 nitrogen and oxygen atoms in total. The Balaban J connectivity index is 2.03. The van der Waals surface area contributed by atoms with Crippen molar-refractivity contribution in [1.82, 2.24) is 10.6 Å². The zero-order chi connectivity index (χ0) is 19.1. The van der Waals surface area contributed by atoms with Gasteiger partial charge in [-0.2, -0.15) is 0 Å². The fourth-order valence-corrected chi connectivity index (χ4v) is 2.91. The van der Waals surface area contributed by atoms with Crippen molar-refractivity contribution in [3.63, 3.8) is 0 Å². The van der Waals surface area contributed by atoms with Crippen molar-refractivity contribution >= 4 is 11.8 Å². The molecule has 0 aliphatic rings. The Morgan fingerprint density at radius 3 is 2.04 bits per heavy atom. The van der Waals surface area contributed by atoms with Gasteiger partial charge in [0.25, 0.3) is 0 Å². The van der Waals surface area contributed by atoms with Crippen LogP contribution in [0.3, 0.4) is 0 Å². The maximum Gasteiger partial charge on any atom is 0.222 e. The van der Waals surface area contributed by atoms with Crippen LogP contribution in [-0.2, 0) is 16.0 Å². The van der Waals surface area contributed by atoms with E-state index in [0.717, 1.165) is 23.1 Å². The average Bonchev–Trinajstić information content (AvgIpc) is 2.61. The van der Waals surface area contributed by atoms with Gasteiger partial charge < -0.3 is 10.6 Å². The van der Waals surface area contributed by atoms with Crippen LogP contribution in [0.2, 0.25) is 0 Å². The molecule has 138 valence electrons. The van der Waals surface area contributed by atoms with Crippen LogP contribution in [0.15, 0.2) is 48.5 Å². The van der Waals surface area contributed by atoms with Gasteiger partial charge in [-0.15, -0.1) is 0 Å². The minimum absolute atomic E-state index is 0.0793. The van der Waals surface area contributed by atoms with E-state index >= 15 is 0 Å². The summed E-state index contributed by atoms with van der Waals surface area (Å²) >= 11 is 0. The number of hydrogen-bond donors (Lipinski definition) is 2. The van der Waals surface area contributed by atoms with Crippen LogP contribution in [0, 0.1) is 6.92 Å². The molecule has 2 unspecified atom stereocenters. The summed E-state index contributed by atoms with van der Waals surface area (Å²) in [5.74, 6) is -0.233. The van der Waals surface area contributed by atoms with Crippen LogP contribution in [0.5, 0.6) is 0 Å². The Morgan fingerprint density at radius 1 is 0.923 bits per heavy atom. The topological polar surface area (TPSA) is 58.2 Å². The van der Waals surface area contributed by atoms with Crippen molar-refractivity contribution in [3.8, 4) is 0 Å². The van der Waals surface area contributed by atoms with E-state index in [9.17, 15) is 9.59 Å². The van der Waals surface area contributed by atoms with Gasteiger partial charge in [0.2, 0.25) is 11.8 Å². The number of nitrogens with one attached hydrogen (secondary N) is 2. The second-order valence-corrected chi connectivity index (χ2v) is 6.75. The van der Waals surface area contributed by atoms with E-state index in [2.05, 4.69) is 41.8 Å². The molecular weight excluding hydrogens is 324 g/mol. The van der Waals surface area contributed by atoms with Crippen LogP contribution in [-0.4, -0.2) is 11.8 Å². The van der Waals surface area contributed by atoms with Crippen molar-refractivity contribution in [2.75, 3.05) is 0 Å². The van der Waals surface area contributed by atoms with Gasteiger partial charge in [0.1, 0.15) is 0 Å². The van der Waals surface area contributed by atoms with Crippen molar-refractivity contribution in [2.45, 2.75) is 52.6 Å². The van der Waals surface area contributed by atoms with Gasteiger partial charge in [0.05, 0.1) is 18.5 Å². The Bertz CT molecular complexity index is 736. The molecule has 2 rings (SSSR count). The predicted octanol–water partition coefficient (Wildman–Crippen LogP) is 4.00. The maximum atomic E-state index is 12.5. The minimum Gasteiger partial charge on any atom is -0.350 e. The summed E-state index contributed by atoms with van der Waals surface area (Å²) in [6.07, 6.45) is 1.20. The Labute approximate surface area is 156 Å². The molecular formula is C22H28N2O2. The van der Waals surface area contributed by atoms with E-state index < -0.39 is 0 Å². The fourth-order valence-electron chi connectivity index (χ4n) is 2.91. The molecule has 2 aromatic carbocycles. The summed E-state index contributed by atoms with van der Waals surface area (Å²) in [7, 11) is 0. The summed E-state index contributed by atoms with van der Waals surface area (Å²) in [5.41, 5.74) is 4.42. The molecule has 2 aromatic rings. The van der Waals surface area contributed by atoms with Gasteiger partial charge in [-0.25, -0.2) is 0 Å². The summed E-state index contributed by atoms with van der Waals surface area (Å²) in [6.45, 7) is 7.57. The number of benzene rings is 2. The van der Waals surface area contributed by atoms with E-state index in [-0.39, 0.29) is 30.3 Å². The molecule has 0 aliphatic heterocycles. The number of hydrogen-bond acceptors (Lipinski definition) is 2. The number of aryl methyl sites for hydroxylation is 2. The summed E-state index contributed by atoms with van der Waals surface area (Å²) in [6, 6.07) is 15.7. The zero-order valence-corrected chi connectivity index (χ0v) is 16.0. The molecule has 0 spiro atoms. The SMILES string of the molecule is CCc1ccc(C(C)NC(=O)CC(NC(C)=O)c2ccc(C)cc2)cc1. The van der Waals surface area contributed by atoms with Gasteiger partial charge in [0, 0.05) is 6.92 Å².